The molecule has 0 bridgehead atoms. The smallest absolute Gasteiger partial charge is 0.184 e. The predicted molar refractivity (Wildman–Crippen MR) is 89.7 cm³/mol. The number of hydrazone groups is 1. The molecule has 0 aromatic heterocycles. The summed E-state index contributed by atoms with van der Waals surface area (Å²) < 4.78 is 18.6. The molecule has 0 saturated carbocycles. The van der Waals surface area contributed by atoms with Crippen molar-refractivity contribution in [3.05, 3.63) is 64.4 Å². The summed E-state index contributed by atoms with van der Waals surface area (Å²) in [4.78, 5) is 0. The minimum atomic E-state index is -0.285. The van der Waals surface area contributed by atoms with Crippen LogP contribution >= 0.6 is 23.8 Å². The van der Waals surface area contributed by atoms with Crippen LogP contribution in [0.4, 0.5) is 4.39 Å². The van der Waals surface area contributed by atoms with Crippen LogP contribution in [0.2, 0.25) is 5.02 Å². The highest BCUT2D eigenvalue weighted by Crippen LogP contribution is 2.22. The number of nitrogens with zero attached hydrogens (tertiary/aromatic N) is 1. The number of hydrogen-bond donors (Lipinski definition) is 2. The van der Waals surface area contributed by atoms with Crippen molar-refractivity contribution in [3.8, 4) is 5.75 Å². The molecule has 2 rings (SSSR count). The average molecular weight is 338 g/mol. The number of halogens is 2. The fourth-order valence-corrected chi connectivity index (χ4v) is 1.89. The molecule has 3 N–H and O–H groups in total. The molecule has 7 heteroatoms. The van der Waals surface area contributed by atoms with E-state index in [1.54, 1.807) is 30.3 Å². The standard InChI is InChI=1S/C15H13ClFN3OS/c16-12-3-6-14(11(7-12)8-19-20-15(18)22)21-9-10-1-4-13(17)5-2-10/h1-8H,9H2,(H3,18,20,22). The van der Waals surface area contributed by atoms with Crippen molar-refractivity contribution >= 4 is 35.1 Å². The largest absolute Gasteiger partial charge is 0.488 e. The Bertz CT molecular complexity index is 692. The molecule has 0 amide bonds. The van der Waals surface area contributed by atoms with Gasteiger partial charge in [-0.15, -0.1) is 0 Å². The Kier molecular flexibility index (Phi) is 5.68. The zero-order chi connectivity index (χ0) is 15.9. The lowest BCUT2D eigenvalue weighted by molar-refractivity contribution is 0.305. The van der Waals surface area contributed by atoms with Gasteiger partial charge in [-0.1, -0.05) is 23.7 Å². The number of hydrogen-bond acceptors (Lipinski definition) is 3. The van der Waals surface area contributed by atoms with E-state index in [1.165, 1.54) is 18.3 Å². The molecule has 4 nitrogen and oxygen atoms in total. The molecular weight excluding hydrogens is 325 g/mol. The minimum absolute atomic E-state index is 0.0621. The van der Waals surface area contributed by atoms with Crippen LogP contribution in [0, 0.1) is 5.82 Å². The molecular formula is C15H13ClFN3OS. The number of nitrogens with two attached hydrogens (primary N) is 1. The number of rotatable bonds is 5. The van der Waals surface area contributed by atoms with E-state index in [4.69, 9.17) is 22.1 Å². The normalized spacial score (nSPS) is 10.6. The molecule has 0 unspecified atom stereocenters. The van der Waals surface area contributed by atoms with Gasteiger partial charge in [0.1, 0.15) is 18.2 Å². The lowest BCUT2D eigenvalue weighted by atomic mass is 10.2. The van der Waals surface area contributed by atoms with Gasteiger partial charge in [0.15, 0.2) is 5.11 Å². The Morgan fingerprint density at radius 2 is 2.05 bits per heavy atom. The van der Waals surface area contributed by atoms with Gasteiger partial charge in [-0.2, -0.15) is 5.10 Å². The number of benzene rings is 2. The van der Waals surface area contributed by atoms with Crippen molar-refractivity contribution in [1.82, 2.24) is 5.43 Å². The average Bonchev–Trinajstić information content (AvgIpc) is 2.48. The molecule has 0 spiro atoms. The van der Waals surface area contributed by atoms with E-state index >= 15 is 0 Å². The molecule has 114 valence electrons. The Hall–Kier alpha value is -2.18. The molecule has 0 aliphatic heterocycles. The lowest BCUT2D eigenvalue weighted by Gasteiger charge is -2.09. The third-order valence-electron chi connectivity index (χ3n) is 2.66. The van der Waals surface area contributed by atoms with Gasteiger partial charge in [0.2, 0.25) is 0 Å². The van der Waals surface area contributed by atoms with Gasteiger partial charge < -0.3 is 10.5 Å². The van der Waals surface area contributed by atoms with Crippen LogP contribution < -0.4 is 15.9 Å². The molecule has 2 aromatic carbocycles. The first-order valence-electron chi connectivity index (χ1n) is 6.30. The number of thiocarbonyl (C=S) groups is 1. The predicted octanol–water partition coefficient (Wildman–Crippen LogP) is 3.23. The molecule has 0 aliphatic rings. The van der Waals surface area contributed by atoms with Gasteiger partial charge in [-0.05, 0) is 48.1 Å². The molecule has 0 heterocycles. The topological polar surface area (TPSA) is 59.6 Å². The quantitative estimate of drug-likeness (QED) is 0.499. The van der Waals surface area contributed by atoms with Gasteiger partial charge in [0.05, 0.1) is 6.21 Å². The minimum Gasteiger partial charge on any atom is -0.488 e. The number of ether oxygens (including phenoxy) is 1. The Balaban J connectivity index is 2.10. The van der Waals surface area contributed by atoms with Gasteiger partial charge in [-0.3, -0.25) is 5.43 Å². The summed E-state index contributed by atoms with van der Waals surface area (Å²) in [6.07, 6.45) is 1.50. The van der Waals surface area contributed by atoms with Crippen molar-refractivity contribution in [2.75, 3.05) is 0 Å². The zero-order valence-corrected chi connectivity index (χ0v) is 13.0. The monoisotopic (exact) mass is 337 g/mol. The maximum absolute atomic E-state index is 12.9. The third-order valence-corrected chi connectivity index (χ3v) is 2.98. The van der Waals surface area contributed by atoms with Crippen molar-refractivity contribution in [1.29, 1.82) is 0 Å². The van der Waals surface area contributed by atoms with Gasteiger partial charge in [-0.25, -0.2) is 4.39 Å². The third kappa shape index (κ3) is 4.98. The summed E-state index contributed by atoms with van der Waals surface area (Å²) in [6, 6.07) is 11.2. The molecule has 0 saturated heterocycles. The molecule has 22 heavy (non-hydrogen) atoms. The maximum atomic E-state index is 12.9. The second-order valence-electron chi connectivity index (χ2n) is 4.33. The van der Waals surface area contributed by atoms with E-state index in [0.29, 0.717) is 22.9 Å². The van der Waals surface area contributed by atoms with Crippen LogP contribution in [0.3, 0.4) is 0 Å². The lowest BCUT2D eigenvalue weighted by Crippen LogP contribution is -2.24. The summed E-state index contributed by atoms with van der Waals surface area (Å²) in [7, 11) is 0. The summed E-state index contributed by atoms with van der Waals surface area (Å²) in [5.41, 5.74) is 9.26. The SMILES string of the molecule is NC(=S)NN=Cc1cc(Cl)ccc1OCc1ccc(F)cc1. The Labute approximate surface area is 137 Å². The molecule has 2 aromatic rings. The maximum Gasteiger partial charge on any atom is 0.184 e. The summed E-state index contributed by atoms with van der Waals surface area (Å²) in [5.74, 6) is 0.300. The second-order valence-corrected chi connectivity index (χ2v) is 5.21. The van der Waals surface area contributed by atoms with Crippen molar-refractivity contribution in [2.24, 2.45) is 10.8 Å². The first-order valence-corrected chi connectivity index (χ1v) is 7.08. The second kappa shape index (κ2) is 7.72. The van der Waals surface area contributed by atoms with Gasteiger partial charge in [0, 0.05) is 10.6 Å². The van der Waals surface area contributed by atoms with Gasteiger partial charge >= 0.3 is 0 Å². The summed E-state index contributed by atoms with van der Waals surface area (Å²) >= 11 is 10.6. The first-order chi connectivity index (χ1) is 10.5. The Morgan fingerprint density at radius 1 is 1.32 bits per heavy atom. The molecule has 0 fully saturated rings. The van der Waals surface area contributed by atoms with Crippen LogP contribution in [0.25, 0.3) is 0 Å². The van der Waals surface area contributed by atoms with Crippen LogP contribution in [0.15, 0.2) is 47.6 Å². The zero-order valence-electron chi connectivity index (χ0n) is 11.4. The highest BCUT2D eigenvalue weighted by atomic mass is 35.5. The van der Waals surface area contributed by atoms with E-state index in [1.807, 2.05) is 0 Å². The van der Waals surface area contributed by atoms with E-state index in [2.05, 4.69) is 22.7 Å². The molecule has 0 atom stereocenters. The fourth-order valence-electron chi connectivity index (χ4n) is 1.66. The Morgan fingerprint density at radius 3 is 2.73 bits per heavy atom. The van der Waals surface area contributed by atoms with E-state index in [9.17, 15) is 4.39 Å². The highest BCUT2D eigenvalue weighted by Gasteiger charge is 2.04. The van der Waals surface area contributed by atoms with Crippen molar-refractivity contribution in [2.45, 2.75) is 6.61 Å². The van der Waals surface area contributed by atoms with Crippen LogP contribution in [-0.2, 0) is 6.61 Å². The van der Waals surface area contributed by atoms with E-state index < -0.39 is 0 Å². The first kappa shape index (κ1) is 16.2. The van der Waals surface area contributed by atoms with E-state index in [0.717, 1.165) is 5.56 Å². The molecule has 0 radical (unpaired) electrons. The van der Waals surface area contributed by atoms with Crippen LogP contribution in [0.1, 0.15) is 11.1 Å². The summed E-state index contributed by atoms with van der Waals surface area (Å²) in [6.45, 7) is 0.297. The van der Waals surface area contributed by atoms with Crippen molar-refractivity contribution < 1.29 is 9.13 Å². The number of nitrogens with one attached hydrogen (secondary N) is 1. The van der Waals surface area contributed by atoms with E-state index in [-0.39, 0.29) is 10.9 Å². The fraction of sp³-hybridized carbons (Fsp3) is 0.0667. The van der Waals surface area contributed by atoms with Crippen LogP contribution in [0.5, 0.6) is 5.75 Å². The van der Waals surface area contributed by atoms with Gasteiger partial charge in [0.25, 0.3) is 0 Å². The highest BCUT2D eigenvalue weighted by molar-refractivity contribution is 7.80. The van der Waals surface area contributed by atoms with Crippen LogP contribution in [-0.4, -0.2) is 11.3 Å². The van der Waals surface area contributed by atoms with Crippen molar-refractivity contribution in [3.63, 3.8) is 0 Å². The summed E-state index contributed by atoms with van der Waals surface area (Å²) in [5, 5.41) is 4.49. The molecule has 0 aliphatic carbocycles.